The van der Waals surface area contributed by atoms with Gasteiger partial charge in [-0.1, -0.05) is 12.1 Å². The molecule has 1 aromatic heterocycles. The third kappa shape index (κ3) is 2.60. The number of pyridine rings is 1. The summed E-state index contributed by atoms with van der Waals surface area (Å²) in [6, 6.07) is 11.9. The number of hydrogen-bond donors (Lipinski definition) is 0. The van der Waals surface area contributed by atoms with Gasteiger partial charge < -0.3 is 0 Å². The highest BCUT2D eigenvalue weighted by atomic mass is 15.1. The van der Waals surface area contributed by atoms with Crippen LogP contribution in [-0.2, 0) is 0 Å². The lowest BCUT2D eigenvalue weighted by Crippen LogP contribution is -2.22. The van der Waals surface area contributed by atoms with Crippen LogP contribution in [0.25, 0.3) is 17.0 Å². The van der Waals surface area contributed by atoms with E-state index in [9.17, 15) is 0 Å². The molecule has 20 heavy (non-hydrogen) atoms. The number of rotatable bonds is 2. The normalized spacial score (nSPS) is 9.65. The first-order valence-electron chi connectivity index (χ1n) is 6.21. The third-order valence-corrected chi connectivity index (χ3v) is 3.03. The number of hydrogen-bond acceptors (Lipinski definition) is 3. The Labute approximate surface area is 118 Å². The van der Waals surface area contributed by atoms with Crippen molar-refractivity contribution in [2.45, 2.75) is 6.92 Å². The fourth-order valence-electron chi connectivity index (χ4n) is 2.06. The number of nitrogens with one attached hydrogen (secondary N) is 1. The summed E-state index contributed by atoms with van der Waals surface area (Å²) in [6.07, 6.45) is 1.60. The zero-order valence-corrected chi connectivity index (χ0v) is 11.7. The maximum Gasteiger partial charge on any atom is 0.281 e. The van der Waals surface area contributed by atoms with E-state index in [2.05, 4.69) is 11.1 Å². The minimum Gasteiger partial charge on any atom is -0.267 e. The van der Waals surface area contributed by atoms with Crippen LogP contribution in [-0.4, -0.2) is 14.1 Å². The third-order valence-electron chi connectivity index (χ3n) is 3.03. The van der Waals surface area contributed by atoms with Crippen molar-refractivity contribution in [3.63, 3.8) is 0 Å². The van der Waals surface area contributed by atoms with Gasteiger partial charge in [0, 0.05) is 5.39 Å². The molecule has 2 rings (SSSR count). The van der Waals surface area contributed by atoms with Gasteiger partial charge in [0.2, 0.25) is 0 Å². The molecule has 0 aliphatic heterocycles. The Morgan fingerprint density at radius 1 is 1.20 bits per heavy atom. The number of aromatic amines is 1. The van der Waals surface area contributed by atoms with Crippen LogP contribution in [0.15, 0.2) is 29.8 Å². The molecule has 0 unspecified atom stereocenters. The van der Waals surface area contributed by atoms with Gasteiger partial charge in [-0.2, -0.15) is 10.5 Å². The Morgan fingerprint density at radius 2 is 1.90 bits per heavy atom. The van der Waals surface area contributed by atoms with Crippen LogP contribution in [0.1, 0.15) is 11.1 Å². The Balaban J connectivity index is 2.73. The monoisotopic (exact) mass is 263 g/mol. The van der Waals surface area contributed by atoms with Crippen LogP contribution in [0.2, 0.25) is 0 Å². The molecule has 0 aliphatic rings. The number of allylic oxidation sites excluding steroid dienone is 1. The quantitative estimate of drug-likeness (QED) is 0.782. The van der Waals surface area contributed by atoms with Crippen molar-refractivity contribution in [2.24, 2.45) is 0 Å². The Morgan fingerprint density at radius 3 is 2.50 bits per heavy atom. The Bertz CT molecular complexity index is 757. The summed E-state index contributed by atoms with van der Waals surface area (Å²) in [7, 11) is 3.84. The van der Waals surface area contributed by atoms with Crippen LogP contribution < -0.4 is 9.88 Å². The number of benzene rings is 1. The van der Waals surface area contributed by atoms with Gasteiger partial charge in [0.1, 0.15) is 23.2 Å². The predicted molar refractivity (Wildman–Crippen MR) is 78.8 cm³/mol. The van der Waals surface area contributed by atoms with E-state index in [1.54, 1.807) is 6.08 Å². The molecular formula is C16H15N4+. The van der Waals surface area contributed by atoms with Gasteiger partial charge >= 0.3 is 0 Å². The lowest BCUT2D eigenvalue weighted by molar-refractivity contribution is -0.330. The first-order chi connectivity index (χ1) is 9.55. The van der Waals surface area contributed by atoms with Crippen molar-refractivity contribution in [3.8, 4) is 12.1 Å². The van der Waals surface area contributed by atoms with E-state index in [1.165, 1.54) is 5.56 Å². The number of nitriles is 2. The highest BCUT2D eigenvalue weighted by Crippen LogP contribution is 2.21. The van der Waals surface area contributed by atoms with Gasteiger partial charge in [-0.15, -0.1) is 0 Å². The van der Waals surface area contributed by atoms with Crippen LogP contribution in [0.3, 0.4) is 0 Å². The summed E-state index contributed by atoms with van der Waals surface area (Å²) in [5.41, 5.74) is 3.12. The zero-order valence-electron chi connectivity index (χ0n) is 11.7. The van der Waals surface area contributed by atoms with E-state index in [1.807, 2.05) is 56.3 Å². The molecule has 0 radical (unpaired) electrons. The Hall–Kier alpha value is -2.85. The maximum absolute atomic E-state index is 8.90. The summed E-state index contributed by atoms with van der Waals surface area (Å²) >= 11 is 0. The van der Waals surface area contributed by atoms with Gasteiger partial charge in [0.25, 0.3) is 5.82 Å². The molecule has 1 heterocycles. The van der Waals surface area contributed by atoms with Crippen molar-refractivity contribution in [1.82, 2.24) is 0 Å². The van der Waals surface area contributed by atoms with E-state index in [0.717, 1.165) is 22.3 Å². The van der Waals surface area contributed by atoms with Crippen molar-refractivity contribution in [3.05, 3.63) is 41.0 Å². The van der Waals surface area contributed by atoms with E-state index in [0.29, 0.717) is 0 Å². The molecule has 0 saturated carbocycles. The average Bonchev–Trinajstić information content (AvgIpc) is 2.43. The number of nitrogens with zero attached hydrogens (tertiary/aromatic N) is 3. The highest BCUT2D eigenvalue weighted by Gasteiger charge is 2.14. The fourth-order valence-corrected chi connectivity index (χ4v) is 2.06. The predicted octanol–water partition coefficient (Wildman–Crippen LogP) is 2.46. The summed E-state index contributed by atoms with van der Waals surface area (Å²) in [5.74, 6) is 0.867. The minimum atomic E-state index is 0.0907. The standard InChI is InChI=1S/C16H14N4/c1-11-4-5-13-8-14(7-12(9-17)10-18)16(20(2)3)19-15(13)6-11/h4-8H,1-3H3/p+1. The average molecular weight is 263 g/mol. The van der Waals surface area contributed by atoms with Crippen molar-refractivity contribution >= 4 is 22.8 Å². The summed E-state index contributed by atoms with van der Waals surface area (Å²) in [5, 5.41) is 18.8. The van der Waals surface area contributed by atoms with Gasteiger partial charge in [-0.25, -0.2) is 4.98 Å². The van der Waals surface area contributed by atoms with Crippen LogP contribution in [0, 0.1) is 29.6 Å². The molecule has 0 amide bonds. The van der Waals surface area contributed by atoms with Gasteiger partial charge in [0.15, 0.2) is 0 Å². The fraction of sp³-hybridized carbons (Fsp3) is 0.188. The van der Waals surface area contributed by atoms with E-state index >= 15 is 0 Å². The molecule has 0 saturated heterocycles. The number of fused-ring (bicyclic) bond motifs is 1. The summed E-state index contributed by atoms with van der Waals surface area (Å²) < 4.78 is 0. The molecule has 0 fully saturated rings. The zero-order chi connectivity index (χ0) is 14.7. The van der Waals surface area contributed by atoms with Crippen LogP contribution >= 0.6 is 0 Å². The first-order valence-corrected chi connectivity index (χ1v) is 6.21. The number of aromatic nitrogens is 1. The second-order valence-electron chi connectivity index (χ2n) is 4.84. The summed E-state index contributed by atoms with van der Waals surface area (Å²) in [6.45, 7) is 2.04. The molecule has 4 heteroatoms. The topological polar surface area (TPSA) is 65.0 Å². The first kappa shape index (κ1) is 13.6. The molecule has 1 aromatic carbocycles. The van der Waals surface area contributed by atoms with Crippen LogP contribution in [0.4, 0.5) is 5.82 Å². The molecular weight excluding hydrogens is 248 g/mol. The van der Waals surface area contributed by atoms with Gasteiger partial charge in [-0.3, -0.25) is 4.90 Å². The smallest absolute Gasteiger partial charge is 0.267 e. The highest BCUT2D eigenvalue weighted by molar-refractivity contribution is 5.82. The second-order valence-corrected chi connectivity index (χ2v) is 4.84. The van der Waals surface area contributed by atoms with Gasteiger partial charge in [-0.05, 0) is 30.7 Å². The molecule has 0 atom stereocenters. The molecule has 98 valence electrons. The number of aryl methyl sites for hydroxylation is 1. The molecule has 0 spiro atoms. The van der Waals surface area contributed by atoms with Crippen molar-refractivity contribution in [1.29, 1.82) is 10.5 Å². The lowest BCUT2D eigenvalue weighted by Gasteiger charge is -2.09. The van der Waals surface area contributed by atoms with Crippen LogP contribution in [0.5, 0.6) is 0 Å². The molecule has 0 aliphatic carbocycles. The lowest BCUT2D eigenvalue weighted by atomic mass is 10.1. The molecule has 2 aromatic rings. The van der Waals surface area contributed by atoms with Crippen molar-refractivity contribution in [2.75, 3.05) is 19.0 Å². The van der Waals surface area contributed by atoms with E-state index in [-0.39, 0.29) is 5.57 Å². The van der Waals surface area contributed by atoms with E-state index < -0.39 is 0 Å². The molecule has 4 nitrogen and oxygen atoms in total. The number of H-pyrrole nitrogens is 1. The SMILES string of the molecule is Cc1ccc2cc(C=C(C#N)C#N)c(N(C)C)[nH+]c2c1. The molecule has 0 bridgehead atoms. The minimum absolute atomic E-state index is 0.0907. The Kier molecular flexibility index (Phi) is 3.68. The van der Waals surface area contributed by atoms with Gasteiger partial charge in [0.05, 0.1) is 19.7 Å². The molecule has 1 N–H and O–H groups in total. The van der Waals surface area contributed by atoms with E-state index in [4.69, 9.17) is 10.5 Å². The number of anilines is 1. The second kappa shape index (κ2) is 5.42. The largest absolute Gasteiger partial charge is 0.281 e. The summed E-state index contributed by atoms with van der Waals surface area (Å²) in [4.78, 5) is 5.28. The van der Waals surface area contributed by atoms with Crippen molar-refractivity contribution < 1.29 is 4.98 Å². The maximum atomic E-state index is 8.90.